The molecule has 1 aliphatic heterocycles. The summed E-state index contributed by atoms with van der Waals surface area (Å²) in [5, 5.41) is 5.34. The van der Waals surface area contributed by atoms with Gasteiger partial charge in [-0.2, -0.15) is 0 Å². The standard InChI is InChI=1S/C11H16N2OS/c1-13-5-4-12-9(8-13)7-10(14)11-3-2-6-15-11/h2-3,6,9,12H,4-5,7-8H2,1H3. The average molecular weight is 224 g/mol. The van der Waals surface area contributed by atoms with Crippen LogP contribution in [0.25, 0.3) is 0 Å². The number of Topliss-reactive ketones (excluding diaryl/α,β-unsaturated/α-hetero) is 1. The molecule has 1 unspecified atom stereocenters. The van der Waals surface area contributed by atoms with E-state index >= 15 is 0 Å². The number of ketones is 1. The zero-order valence-corrected chi connectivity index (χ0v) is 9.72. The quantitative estimate of drug-likeness (QED) is 0.784. The second-order valence-electron chi connectivity index (χ2n) is 4.02. The van der Waals surface area contributed by atoms with E-state index in [1.807, 2.05) is 17.5 Å². The van der Waals surface area contributed by atoms with E-state index in [0.29, 0.717) is 12.5 Å². The van der Waals surface area contributed by atoms with E-state index in [-0.39, 0.29) is 5.78 Å². The van der Waals surface area contributed by atoms with Crippen molar-refractivity contribution >= 4 is 17.1 Å². The minimum atomic E-state index is 0.262. The van der Waals surface area contributed by atoms with Crippen LogP contribution in [0, 0.1) is 0 Å². The minimum Gasteiger partial charge on any atom is -0.311 e. The van der Waals surface area contributed by atoms with Gasteiger partial charge in [0.25, 0.3) is 0 Å². The number of piperazine rings is 1. The fourth-order valence-electron chi connectivity index (χ4n) is 1.89. The Morgan fingerprint density at radius 2 is 2.60 bits per heavy atom. The van der Waals surface area contributed by atoms with Crippen LogP contribution >= 0.6 is 11.3 Å². The molecule has 0 bridgehead atoms. The van der Waals surface area contributed by atoms with Gasteiger partial charge in [0.2, 0.25) is 0 Å². The van der Waals surface area contributed by atoms with Crippen molar-refractivity contribution in [2.75, 3.05) is 26.7 Å². The van der Waals surface area contributed by atoms with Gasteiger partial charge in [0.05, 0.1) is 4.88 Å². The molecule has 0 saturated carbocycles. The lowest BCUT2D eigenvalue weighted by atomic mass is 10.1. The van der Waals surface area contributed by atoms with Crippen LogP contribution in [0.5, 0.6) is 0 Å². The summed E-state index contributed by atoms with van der Waals surface area (Å²) in [5.74, 6) is 0.262. The molecule has 1 aromatic rings. The number of nitrogens with zero attached hydrogens (tertiary/aromatic N) is 1. The summed E-state index contributed by atoms with van der Waals surface area (Å²) in [6.45, 7) is 3.03. The molecule has 1 N–H and O–H groups in total. The Bertz CT molecular complexity index is 323. The summed E-state index contributed by atoms with van der Waals surface area (Å²) in [6, 6.07) is 4.15. The van der Waals surface area contributed by atoms with Crippen molar-refractivity contribution in [2.24, 2.45) is 0 Å². The van der Waals surface area contributed by atoms with Crippen LogP contribution in [0.2, 0.25) is 0 Å². The topological polar surface area (TPSA) is 32.3 Å². The number of rotatable bonds is 3. The molecule has 4 heteroatoms. The van der Waals surface area contributed by atoms with Gasteiger partial charge >= 0.3 is 0 Å². The molecule has 0 amide bonds. The Balaban J connectivity index is 1.89. The average Bonchev–Trinajstić information content (AvgIpc) is 2.70. The number of hydrogen-bond donors (Lipinski definition) is 1. The second kappa shape index (κ2) is 4.88. The number of nitrogens with one attached hydrogen (secondary N) is 1. The molecule has 15 heavy (non-hydrogen) atoms. The summed E-state index contributed by atoms with van der Waals surface area (Å²) >= 11 is 1.53. The molecular weight excluding hydrogens is 208 g/mol. The van der Waals surface area contributed by atoms with Gasteiger partial charge in [-0.05, 0) is 18.5 Å². The maximum absolute atomic E-state index is 11.8. The second-order valence-corrected chi connectivity index (χ2v) is 4.97. The molecule has 0 spiro atoms. The highest BCUT2D eigenvalue weighted by molar-refractivity contribution is 7.12. The molecule has 2 rings (SSSR count). The first kappa shape index (κ1) is 10.8. The number of thiophene rings is 1. The molecule has 0 aromatic carbocycles. The van der Waals surface area contributed by atoms with Crippen LogP contribution in [-0.2, 0) is 0 Å². The van der Waals surface area contributed by atoms with E-state index in [2.05, 4.69) is 17.3 Å². The summed E-state index contributed by atoms with van der Waals surface area (Å²) in [5.41, 5.74) is 0. The van der Waals surface area contributed by atoms with Crippen molar-refractivity contribution in [3.05, 3.63) is 22.4 Å². The molecule has 1 saturated heterocycles. The van der Waals surface area contributed by atoms with E-state index in [0.717, 1.165) is 24.5 Å². The number of carbonyl (C=O) groups is 1. The molecule has 1 fully saturated rings. The lowest BCUT2D eigenvalue weighted by Gasteiger charge is -2.30. The number of carbonyl (C=O) groups excluding carboxylic acids is 1. The van der Waals surface area contributed by atoms with Gasteiger partial charge in [-0.1, -0.05) is 6.07 Å². The largest absolute Gasteiger partial charge is 0.311 e. The van der Waals surface area contributed by atoms with Crippen molar-refractivity contribution in [1.82, 2.24) is 10.2 Å². The van der Waals surface area contributed by atoms with E-state index in [4.69, 9.17) is 0 Å². The molecule has 0 aliphatic carbocycles. The summed E-state index contributed by atoms with van der Waals surface area (Å²) in [7, 11) is 2.10. The fourth-order valence-corrected chi connectivity index (χ4v) is 2.57. The SMILES string of the molecule is CN1CCNC(CC(=O)c2cccs2)C1. The van der Waals surface area contributed by atoms with Crippen molar-refractivity contribution < 1.29 is 4.79 Å². The first-order chi connectivity index (χ1) is 7.25. The predicted octanol–water partition coefficient (Wildman–Crippen LogP) is 1.22. The molecule has 1 atom stereocenters. The maximum atomic E-state index is 11.8. The van der Waals surface area contributed by atoms with Gasteiger partial charge in [0.1, 0.15) is 0 Å². The zero-order valence-electron chi connectivity index (χ0n) is 8.90. The van der Waals surface area contributed by atoms with Crippen LogP contribution in [0.4, 0.5) is 0 Å². The molecule has 2 heterocycles. The third kappa shape index (κ3) is 2.87. The van der Waals surface area contributed by atoms with Crippen molar-refractivity contribution in [1.29, 1.82) is 0 Å². The van der Waals surface area contributed by atoms with Gasteiger partial charge in [-0.15, -0.1) is 11.3 Å². The van der Waals surface area contributed by atoms with Crippen LogP contribution in [0.3, 0.4) is 0 Å². The molecular formula is C11H16N2OS. The third-order valence-electron chi connectivity index (χ3n) is 2.69. The summed E-state index contributed by atoms with van der Waals surface area (Å²) in [6.07, 6.45) is 0.616. The highest BCUT2D eigenvalue weighted by Crippen LogP contribution is 2.13. The fraction of sp³-hybridized carbons (Fsp3) is 0.545. The maximum Gasteiger partial charge on any atom is 0.174 e. The highest BCUT2D eigenvalue weighted by Gasteiger charge is 2.20. The van der Waals surface area contributed by atoms with Gasteiger partial charge in [0.15, 0.2) is 5.78 Å². The molecule has 1 aliphatic rings. The minimum absolute atomic E-state index is 0.262. The highest BCUT2D eigenvalue weighted by atomic mass is 32.1. The molecule has 3 nitrogen and oxygen atoms in total. The smallest absolute Gasteiger partial charge is 0.174 e. The van der Waals surface area contributed by atoms with Gasteiger partial charge < -0.3 is 10.2 Å². The Morgan fingerprint density at radius 1 is 1.73 bits per heavy atom. The zero-order chi connectivity index (χ0) is 10.7. The molecule has 82 valence electrons. The normalized spacial score (nSPS) is 22.9. The Labute approximate surface area is 94.1 Å². The first-order valence-corrected chi connectivity index (χ1v) is 6.12. The molecule has 0 radical (unpaired) electrons. The van der Waals surface area contributed by atoms with Crippen LogP contribution in [0.15, 0.2) is 17.5 Å². The summed E-state index contributed by atoms with van der Waals surface area (Å²) < 4.78 is 0. The Hall–Kier alpha value is -0.710. The lowest BCUT2D eigenvalue weighted by molar-refractivity contribution is 0.0956. The van der Waals surface area contributed by atoms with E-state index in [9.17, 15) is 4.79 Å². The van der Waals surface area contributed by atoms with E-state index < -0.39 is 0 Å². The van der Waals surface area contributed by atoms with Gasteiger partial charge in [-0.25, -0.2) is 0 Å². The summed E-state index contributed by atoms with van der Waals surface area (Å²) in [4.78, 5) is 15.0. The molecule has 1 aromatic heterocycles. The monoisotopic (exact) mass is 224 g/mol. The third-order valence-corrected chi connectivity index (χ3v) is 3.60. The predicted molar refractivity (Wildman–Crippen MR) is 62.6 cm³/mol. The van der Waals surface area contributed by atoms with Crippen molar-refractivity contribution in [2.45, 2.75) is 12.5 Å². The van der Waals surface area contributed by atoms with E-state index in [1.165, 1.54) is 11.3 Å². The Morgan fingerprint density at radius 3 is 3.27 bits per heavy atom. The van der Waals surface area contributed by atoms with Crippen LogP contribution in [-0.4, -0.2) is 43.4 Å². The van der Waals surface area contributed by atoms with Gasteiger partial charge in [-0.3, -0.25) is 4.79 Å². The Kier molecular flexibility index (Phi) is 3.51. The first-order valence-electron chi connectivity index (χ1n) is 5.24. The van der Waals surface area contributed by atoms with Gasteiger partial charge in [0, 0.05) is 32.1 Å². The van der Waals surface area contributed by atoms with E-state index in [1.54, 1.807) is 0 Å². The lowest BCUT2D eigenvalue weighted by Crippen LogP contribution is -2.49. The number of hydrogen-bond acceptors (Lipinski definition) is 4. The van der Waals surface area contributed by atoms with Crippen LogP contribution < -0.4 is 5.32 Å². The van der Waals surface area contributed by atoms with Crippen molar-refractivity contribution in [3.63, 3.8) is 0 Å². The van der Waals surface area contributed by atoms with Crippen molar-refractivity contribution in [3.8, 4) is 0 Å². The van der Waals surface area contributed by atoms with Crippen LogP contribution in [0.1, 0.15) is 16.1 Å². The number of likely N-dealkylation sites (N-methyl/N-ethyl adjacent to an activating group) is 1.